The van der Waals surface area contributed by atoms with Gasteiger partial charge in [0.15, 0.2) is 0 Å². The summed E-state index contributed by atoms with van der Waals surface area (Å²) in [6.45, 7) is 1.95. The fraction of sp³-hybridized carbons (Fsp3) is 0.333. The molecule has 0 radical (unpaired) electrons. The van der Waals surface area contributed by atoms with E-state index in [2.05, 4.69) is 0 Å². The van der Waals surface area contributed by atoms with Crippen LogP contribution in [0.4, 0.5) is 0 Å². The average molecular weight is 277 g/mol. The van der Waals surface area contributed by atoms with Crippen LogP contribution in [0.15, 0.2) is 51.9 Å². The Balaban J connectivity index is 2.55. The van der Waals surface area contributed by atoms with Crippen molar-refractivity contribution < 1.29 is 8.42 Å². The van der Waals surface area contributed by atoms with E-state index in [4.69, 9.17) is 0 Å². The zero-order valence-corrected chi connectivity index (χ0v) is 12.4. The molecule has 3 nitrogen and oxygen atoms in total. The Morgan fingerprint density at radius 1 is 1.11 bits per heavy atom. The Morgan fingerprint density at radius 3 is 2.32 bits per heavy atom. The lowest BCUT2D eigenvalue weighted by Crippen LogP contribution is -2.18. The second-order valence-corrected chi connectivity index (χ2v) is 6.93. The van der Waals surface area contributed by atoms with E-state index in [1.807, 2.05) is 50.2 Å². The molecule has 102 valence electrons. The van der Waals surface area contributed by atoms with Crippen molar-refractivity contribution in [3.8, 4) is 0 Å². The molecule has 1 aromatic carbocycles. The van der Waals surface area contributed by atoms with Crippen molar-refractivity contribution in [2.45, 2.75) is 24.7 Å². The lowest BCUT2D eigenvalue weighted by Gasteiger charge is -2.22. The van der Waals surface area contributed by atoms with Crippen LogP contribution < -0.4 is 0 Å². The predicted octanol–water partition coefficient (Wildman–Crippen LogP) is 2.89. The van der Waals surface area contributed by atoms with Gasteiger partial charge in [-0.25, -0.2) is 8.42 Å². The van der Waals surface area contributed by atoms with Crippen LogP contribution in [0.3, 0.4) is 0 Å². The average Bonchev–Trinajstić information content (AvgIpc) is 2.39. The number of rotatable bonds is 3. The summed E-state index contributed by atoms with van der Waals surface area (Å²) in [4.78, 5) is 2.75. The van der Waals surface area contributed by atoms with Crippen LogP contribution in [-0.2, 0) is 9.84 Å². The van der Waals surface area contributed by atoms with Gasteiger partial charge in [-0.1, -0.05) is 23.8 Å². The van der Waals surface area contributed by atoms with Crippen molar-refractivity contribution >= 4 is 9.84 Å². The molecule has 1 aliphatic rings. The highest BCUT2D eigenvalue weighted by atomic mass is 32.2. The summed E-state index contributed by atoms with van der Waals surface area (Å²) in [7, 11) is 0.355. The quantitative estimate of drug-likeness (QED) is 0.852. The van der Waals surface area contributed by atoms with Gasteiger partial charge in [0.05, 0.1) is 15.5 Å². The molecule has 19 heavy (non-hydrogen) atoms. The molecule has 0 bridgehead atoms. The summed E-state index contributed by atoms with van der Waals surface area (Å²) in [5.74, 6) is 0. The van der Waals surface area contributed by atoms with Crippen LogP contribution in [0.25, 0.3) is 0 Å². The molecule has 0 saturated heterocycles. The second kappa shape index (κ2) is 5.21. The Hall–Kier alpha value is -1.55. The van der Waals surface area contributed by atoms with Gasteiger partial charge in [0.25, 0.3) is 0 Å². The zero-order chi connectivity index (χ0) is 14.0. The van der Waals surface area contributed by atoms with E-state index in [-0.39, 0.29) is 0 Å². The molecule has 1 aromatic rings. The molecule has 0 aliphatic heterocycles. The van der Waals surface area contributed by atoms with E-state index in [9.17, 15) is 8.42 Å². The maximum atomic E-state index is 12.7. The van der Waals surface area contributed by atoms with Gasteiger partial charge in [-0.2, -0.15) is 0 Å². The largest absolute Gasteiger partial charge is 0.377 e. The van der Waals surface area contributed by atoms with Crippen molar-refractivity contribution in [1.82, 2.24) is 4.90 Å². The molecular formula is C15H19NO2S. The van der Waals surface area contributed by atoms with Gasteiger partial charge in [-0.05, 0) is 38.0 Å². The van der Waals surface area contributed by atoms with Crippen LogP contribution in [-0.4, -0.2) is 27.4 Å². The third-order valence-corrected chi connectivity index (χ3v) is 5.19. The normalized spacial score (nSPS) is 15.7. The number of likely N-dealkylation sites (N-methyl/N-ethyl adjacent to an activating group) is 1. The first-order chi connectivity index (χ1) is 8.93. The number of nitrogens with zero attached hydrogens (tertiary/aromatic N) is 1. The minimum Gasteiger partial charge on any atom is -0.377 e. The Labute approximate surface area is 115 Å². The number of benzene rings is 1. The lowest BCUT2D eigenvalue weighted by molar-refractivity contribution is 0.518. The third-order valence-electron chi connectivity index (χ3n) is 3.24. The SMILES string of the molecule is Cc1ccc(S(=O)(=O)C2=C(N(C)C)C=CCC2)cc1. The maximum absolute atomic E-state index is 12.7. The van der Waals surface area contributed by atoms with Crippen LogP contribution in [0, 0.1) is 6.92 Å². The molecule has 0 atom stereocenters. The van der Waals surface area contributed by atoms with E-state index < -0.39 is 9.84 Å². The Morgan fingerprint density at radius 2 is 1.74 bits per heavy atom. The fourth-order valence-electron chi connectivity index (χ4n) is 2.16. The smallest absolute Gasteiger partial charge is 0.204 e. The van der Waals surface area contributed by atoms with Crippen molar-refractivity contribution in [3.05, 3.63) is 52.6 Å². The van der Waals surface area contributed by atoms with Crippen LogP contribution in [0.5, 0.6) is 0 Å². The Bertz CT molecular complexity index is 623. The summed E-state index contributed by atoms with van der Waals surface area (Å²) < 4.78 is 25.4. The summed E-state index contributed by atoms with van der Waals surface area (Å²) >= 11 is 0. The van der Waals surface area contributed by atoms with E-state index in [1.165, 1.54) is 0 Å². The van der Waals surface area contributed by atoms with Gasteiger partial charge in [0.2, 0.25) is 9.84 Å². The van der Waals surface area contributed by atoms with Crippen molar-refractivity contribution in [2.24, 2.45) is 0 Å². The summed E-state index contributed by atoms with van der Waals surface area (Å²) in [5.41, 5.74) is 1.84. The highest BCUT2D eigenvalue weighted by Crippen LogP contribution is 2.30. The molecule has 0 fully saturated rings. The maximum Gasteiger partial charge on any atom is 0.204 e. The molecule has 1 aliphatic carbocycles. The molecule has 0 saturated carbocycles. The number of aryl methyl sites for hydroxylation is 1. The number of allylic oxidation sites excluding steroid dienone is 3. The number of hydrogen-bond acceptors (Lipinski definition) is 3. The van der Waals surface area contributed by atoms with Crippen molar-refractivity contribution in [3.63, 3.8) is 0 Å². The molecule has 4 heteroatoms. The van der Waals surface area contributed by atoms with Crippen LogP contribution in [0.1, 0.15) is 18.4 Å². The predicted molar refractivity (Wildman–Crippen MR) is 77.5 cm³/mol. The monoisotopic (exact) mass is 277 g/mol. The zero-order valence-electron chi connectivity index (χ0n) is 11.6. The minimum atomic E-state index is -3.39. The number of hydrogen-bond donors (Lipinski definition) is 0. The fourth-order valence-corrected chi connectivity index (χ4v) is 3.85. The van der Waals surface area contributed by atoms with Gasteiger partial charge in [0, 0.05) is 14.1 Å². The topological polar surface area (TPSA) is 37.4 Å². The van der Waals surface area contributed by atoms with Gasteiger partial charge in [-0.15, -0.1) is 0 Å². The Kier molecular flexibility index (Phi) is 3.80. The summed E-state index contributed by atoms with van der Waals surface area (Å²) in [5, 5.41) is 0. The van der Waals surface area contributed by atoms with Gasteiger partial charge in [0.1, 0.15) is 0 Å². The lowest BCUT2D eigenvalue weighted by atomic mass is 10.1. The van der Waals surface area contributed by atoms with Crippen LogP contribution >= 0.6 is 0 Å². The molecule has 0 aromatic heterocycles. The van der Waals surface area contributed by atoms with Gasteiger partial charge >= 0.3 is 0 Å². The second-order valence-electron chi connectivity index (χ2n) is 4.96. The van der Waals surface area contributed by atoms with E-state index in [0.29, 0.717) is 16.2 Å². The standard InChI is InChI=1S/C15H19NO2S/c1-12-8-10-13(11-9-12)19(17,18)15-7-5-4-6-14(15)16(2)3/h4,6,8-11H,5,7H2,1-3H3. The van der Waals surface area contributed by atoms with E-state index in [1.54, 1.807) is 12.1 Å². The van der Waals surface area contributed by atoms with E-state index in [0.717, 1.165) is 17.7 Å². The molecule has 2 rings (SSSR count). The van der Waals surface area contributed by atoms with Gasteiger partial charge < -0.3 is 4.90 Å². The third kappa shape index (κ3) is 2.73. The molecule has 0 amide bonds. The minimum absolute atomic E-state index is 0.378. The number of sulfone groups is 1. The van der Waals surface area contributed by atoms with Crippen molar-refractivity contribution in [1.29, 1.82) is 0 Å². The first-order valence-electron chi connectivity index (χ1n) is 6.31. The molecule has 0 N–H and O–H groups in total. The summed E-state index contributed by atoms with van der Waals surface area (Å²) in [6, 6.07) is 7.04. The first kappa shape index (κ1) is 13.9. The summed E-state index contributed by atoms with van der Waals surface area (Å²) in [6.07, 6.45) is 5.26. The molecule has 0 unspecified atom stereocenters. The molecule has 0 spiro atoms. The first-order valence-corrected chi connectivity index (χ1v) is 7.80. The highest BCUT2D eigenvalue weighted by molar-refractivity contribution is 7.95. The molecule has 0 heterocycles. The molecular weight excluding hydrogens is 258 g/mol. The van der Waals surface area contributed by atoms with Crippen LogP contribution in [0.2, 0.25) is 0 Å². The van der Waals surface area contributed by atoms with E-state index >= 15 is 0 Å². The van der Waals surface area contributed by atoms with Crippen molar-refractivity contribution in [2.75, 3.05) is 14.1 Å². The highest BCUT2D eigenvalue weighted by Gasteiger charge is 2.25. The van der Waals surface area contributed by atoms with Gasteiger partial charge in [-0.3, -0.25) is 0 Å².